The van der Waals surface area contributed by atoms with E-state index in [4.69, 9.17) is 9.47 Å². The van der Waals surface area contributed by atoms with Gasteiger partial charge >= 0.3 is 6.03 Å². The zero-order valence-electron chi connectivity index (χ0n) is 30.4. The molecule has 6 aliphatic rings. The second-order valence-electron chi connectivity index (χ2n) is 16.7. The van der Waals surface area contributed by atoms with Gasteiger partial charge in [0.05, 0.1) is 18.8 Å². The zero-order valence-corrected chi connectivity index (χ0v) is 30.4. The van der Waals surface area contributed by atoms with Crippen molar-refractivity contribution >= 4 is 6.03 Å². The van der Waals surface area contributed by atoms with Crippen molar-refractivity contribution in [1.82, 2.24) is 15.5 Å². The minimum Gasteiger partial charge on any atom is -0.392 e. The highest BCUT2D eigenvalue weighted by Crippen LogP contribution is 2.55. The summed E-state index contributed by atoms with van der Waals surface area (Å²) in [6, 6.07) is 25.2. The van der Waals surface area contributed by atoms with Crippen molar-refractivity contribution in [3.05, 3.63) is 95.1 Å². The fraction of sp³-hybridized carbons (Fsp3) is 0.568. The summed E-state index contributed by atoms with van der Waals surface area (Å²) in [5.41, 5.74) is 6.40. The zero-order chi connectivity index (χ0) is 34.8. The van der Waals surface area contributed by atoms with Crippen LogP contribution in [0.4, 0.5) is 4.79 Å². The van der Waals surface area contributed by atoms with Crippen molar-refractivity contribution in [3.63, 3.8) is 0 Å². The van der Waals surface area contributed by atoms with Crippen LogP contribution in [0.1, 0.15) is 112 Å². The van der Waals surface area contributed by atoms with Crippen LogP contribution in [0.3, 0.4) is 0 Å². The topological polar surface area (TPSA) is 83.1 Å². The minimum atomic E-state index is -0.472. The van der Waals surface area contributed by atoms with Crippen molar-refractivity contribution in [2.75, 3.05) is 19.6 Å². The van der Waals surface area contributed by atoms with Gasteiger partial charge < -0.3 is 30.1 Å². The van der Waals surface area contributed by atoms with E-state index >= 15 is 0 Å². The van der Waals surface area contributed by atoms with Crippen LogP contribution in [-0.4, -0.2) is 47.3 Å². The lowest BCUT2D eigenvalue weighted by molar-refractivity contribution is -0.276. The molecule has 0 spiro atoms. The van der Waals surface area contributed by atoms with E-state index in [-0.39, 0.29) is 36.3 Å². The fourth-order valence-electron chi connectivity index (χ4n) is 10.5. The summed E-state index contributed by atoms with van der Waals surface area (Å²) in [5, 5.41) is 16.2. The van der Waals surface area contributed by atoms with E-state index in [0.29, 0.717) is 6.54 Å². The summed E-state index contributed by atoms with van der Waals surface area (Å²) in [7, 11) is 0. The van der Waals surface area contributed by atoms with Gasteiger partial charge in [-0.15, -0.1) is 0 Å². The van der Waals surface area contributed by atoms with Gasteiger partial charge in [0, 0.05) is 30.1 Å². The molecule has 0 aromatic heterocycles. The molecule has 272 valence electrons. The van der Waals surface area contributed by atoms with Crippen LogP contribution in [-0.2, 0) is 22.6 Å². The summed E-state index contributed by atoms with van der Waals surface area (Å²) >= 11 is 0. The number of urea groups is 1. The number of amides is 2. The van der Waals surface area contributed by atoms with Gasteiger partial charge in [-0.05, 0) is 116 Å². The monoisotopic (exact) mass is 691 g/mol. The van der Waals surface area contributed by atoms with E-state index in [1.807, 2.05) is 12.1 Å². The number of benzene rings is 3. The van der Waals surface area contributed by atoms with Crippen LogP contribution >= 0.6 is 0 Å². The molecule has 2 saturated heterocycles. The Balaban J connectivity index is 0.934. The first kappa shape index (κ1) is 34.8. The van der Waals surface area contributed by atoms with Crippen LogP contribution in [0.5, 0.6) is 0 Å². The summed E-state index contributed by atoms with van der Waals surface area (Å²) in [6.45, 7) is 5.96. The molecule has 0 radical (unpaired) electrons. The highest BCUT2D eigenvalue weighted by Gasteiger charge is 2.51. The normalized spacial score (nSPS) is 32.2. The van der Waals surface area contributed by atoms with Gasteiger partial charge in [-0.3, -0.25) is 0 Å². The van der Waals surface area contributed by atoms with Gasteiger partial charge in [0.15, 0.2) is 6.29 Å². The predicted octanol–water partition coefficient (Wildman–Crippen LogP) is 8.67. The Morgan fingerprint density at radius 2 is 1.43 bits per heavy atom. The van der Waals surface area contributed by atoms with Gasteiger partial charge in [-0.1, -0.05) is 92.9 Å². The molecule has 9 rings (SSSR count). The number of hydrogen-bond acceptors (Lipinski definition) is 5. The molecule has 0 unspecified atom stereocenters. The van der Waals surface area contributed by atoms with Crippen LogP contribution in [0.25, 0.3) is 11.1 Å². The van der Waals surface area contributed by atoms with Crippen LogP contribution in [0, 0.1) is 23.7 Å². The highest BCUT2D eigenvalue weighted by atomic mass is 16.7. The lowest BCUT2D eigenvalue weighted by atomic mass is 9.53. The van der Waals surface area contributed by atoms with E-state index in [2.05, 4.69) is 83.1 Å². The Morgan fingerprint density at radius 3 is 2.10 bits per heavy atom. The number of aliphatic hydroxyl groups is 1. The lowest BCUT2D eigenvalue weighted by Gasteiger charge is -2.56. The smallest absolute Gasteiger partial charge is 0.315 e. The highest BCUT2D eigenvalue weighted by molar-refractivity contribution is 5.75. The quantitative estimate of drug-likeness (QED) is 0.209. The molecular formula is C44H57N3O4. The third-order valence-corrected chi connectivity index (χ3v) is 12.8. The average Bonchev–Trinajstić information content (AvgIpc) is 3.12. The second kappa shape index (κ2) is 15.4. The Kier molecular flexibility index (Phi) is 10.5. The number of nitrogens with zero attached hydrogens (tertiary/aromatic N) is 1. The van der Waals surface area contributed by atoms with Crippen molar-refractivity contribution < 1.29 is 19.4 Å². The SMILES string of the molecule is C[C@H]1[C@@H](CN2CCCCCCC2)O[C@@H](c2ccc(-c3cccc(CNC(=O)NC45CC6CC(CC(C6)C4)C5)c3)cc2)O[C@H]1c1ccc(CO)cc1. The van der Waals surface area contributed by atoms with Crippen LogP contribution in [0.15, 0.2) is 72.8 Å². The van der Waals surface area contributed by atoms with Gasteiger partial charge in [0.25, 0.3) is 0 Å². The molecule has 7 heteroatoms. The lowest BCUT2D eigenvalue weighted by Crippen LogP contribution is -2.61. The van der Waals surface area contributed by atoms with Gasteiger partial charge in [0.2, 0.25) is 0 Å². The third-order valence-electron chi connectivity index (χ3n) is 12.8. The number of rotatable bonds is 9. The predicted molar refractivity (Wildman–Crippen MR) is 201 cm³/mol. The van der Waals surface area contributed by atoms with Gasteiger partial charge in [-0.2, -0.15) is 0 Å². The van der Waals surface area contributed by atoms with Gasteiger partial charge in [-0.25, -0.2) is 4.79 Å². The molecule has 7 nitrogen and oxygen atoms in total. The number of carbonyl (C=O) groups is 1. The van der Waals surface area contributed by atoms with E-state index in [1.54, 1.807) is 0 Å². The van der Waals surface area contributed by atoms with Crippen molar-refractivity contribution in [1.29, 1.82) is 0 Å². The second-order valence-corrected chi connectivity index (χ2v) is 16.7. The van der Waals surface area contributed by atoms with Gasteiger partial charge in [0.1, 0.15) is 0 Å². The first-order valence-corrected chi connectivity index (χ1v) is 19.9. The molecule has 2 aliphatic heterocycles. The Morgan fingerprint density at radius 1 is 0.784 bits per heavy atom. The molecule has 51 heavy (non-hydrogen) atoms. The molecule has 3 aromatic rings. The maximum atomic E-state index is 13.1. The van der Waals surface area contributed by atoms with Crippen LogP contribution < -0.4 is 10.6 Å². The largest absolute Gasteiger partial charge is 0.392 e. The molecule has 4 saturated carbocycles. The Hall–Kier alpha value is -3.23. The number of carbonyl (C=O) groups excluding carboxylic acids is 1. The summed E-state index contributed by atoms with van der Waals surface area (Å²) in [5.74, 6) is 2.60. The standard InChI is InChI=1S/C44H57N3O4/c1-30-40(28-47-18-5-3-2-4-6-19-47)50-42(51-41(30)37-12-10-31(29-48)11-13-37)38-16-14-36(15-17-38)39-9-7-8-32(23-39)27-45-43(49)46-44-24-33-20-34(25-44)22-35(21-33)26-44/h7-17,23,30,33-35,40-42,48H,2-6,18-22,24-29H2,1H3,(H2,45,46,49)/t30-,33?,34?,35?,40+,41+,42+,44?/m0/s1. The van der Waals surface area contributed by atoms with Crippen molar-refractivity contribution in [3.8, 4) is 11.1 Å². The summed E-state index contributed by atoms with van der Waals surface area (Å²) in [4.78, 5) is 15.7. The molecule has 2 heterocycles. The fourth-order valence-corrected chi connectivity index (χ4v) is 10.5. The number of aliphatic hydroxyl groups excluding tert-OH is 1. The third kappa shape index (κ3) is 8.07. The van der Waals surface area contributed by atoms with E-state index in [9.17, 15) is 9.90 Å². The molecular weight excluding hydrogens is 635 g/mol. The van der Waals surface area contributed by atoms with E-state index in [1.165, 1.54) is 51.4 Å². The number of ether oxygens (including phenoxy) is 2. The molecule has 3 N–H and O–H groups in total. The summed E-state index contributed by atoms with van der Waals surface area (Å²) < 4.78 is 13.6. The first-order valence-electron chi connectivity index (χ1n) is 19.9. The van der Waals surface area contributed by atoms with E-state index in [0.717, 1.165) is 90.0 Å². The molecule has 6 fully saturated rings. The molecule has 4 aliphatic carbocycles. The van der Waals surface area contributed by atoms with Crippen molar-refractivity contribution in [2.45, 2.75) is 115 Å². The molecule has 3 aromatic carbocycles. The van der Waals surface area contributed by atoms with E-state index < -0.39 is 6.29 Å². The Bertz CT molecular complexity index is 1580. The van der Waals surface area contributed by atoms with Crippen molar-refractivity contribution in [2.24, 2.45) is 23.7 Å². The average molecular weight is 692 g/mol. The molecule has 4 atom stereocenters. The maximum absolute atomic E-state index is 13.1. The Labute approximate surface area is 304 Å². The number of hydrogen-bond donors (Lipinski definition) is 3. The molecule has 2 amide bonds. The number of likely N-dealkylation sites (tertiary alicyclic amines) is 1. The summed E-state index contributed by atoms with van der Waals surface area (Å²) in [6.07, 6.45) is 13.5. The maximum Gasteiger partial charge on any atom is 0.315 e. The first-order chi connectivity index (χ1) is 24.9. The molecule has 4 bridgehead atoms. The van der Waals surface area contributed by atoms with Crippen LogP contribution in [0.2, 0.25) is 0 Å². The number of nitrogens with one attached hydrogen (secondary N) is 2. The minimum absolute atomic E-state index is 0.0170.